The van der Waals surface area contributed by atoms with Gasteiger partial charge in [-0.2, -0.15) is 0 Å². The van der Waals surface area contributed by atoms with Crippen molar-refractivity contribution >= 4 is 0 Å². The summed E-state index contributed by atoms with van der Waals surface area (Å²) in [5, 5.41) is 11.6. The highest BCUT2D eigenvalue weighted by Gasteiger charge is 2.20. The summed E-state index contributed by atoms with van der Waals surface area (Å²) in [6.07, 6.45) is 6.69. The van der Waals surface area contributed by atoms with Crippen molar-refractivity contribution in [3.05, 3.63) is 30.1 Å². The van der Waals surface area contributed by atoms with Crippen LogP contribution in [0.4, 0.5) is 0 Å². The molecular formula is C12H20N6. The predicted octanol–water partition coefficient (Wildman–Crippen LogP) is 1.12. The molecule has 1 N–H and O–H groups in total. The fourth-order valence-corrected chi connectivity index (χ4v) is 2.02. The molecule has 1 unspecified atom stereocenters. The molecule has 6 heteroatoms. The average Bonchev–Trinajstić information content (AvgIpc) is 2.96. The first-order chi connectivity index (χ1) is 8.76. The molecule has 0 saturated carbocycles. The lowest BCUT2D eigenvalue weighted by Gasteiger charge is -2.16. The summed E-state index contributed by atoms with van der Waals surface area (Å²) >= 11 is 0. The van der Waals surface area contributed by atoms with Gasteiger partial charge in [0, 0.05) is 19.8 Å². The number of imidazole rings is 1. The molecule has 0 spiro atoms. The zero-order valence-electron chi connectivity index (χ0n) is 11.2. The van der Waals surface area contributed by atoms with Gasteiger partial charge in [-0.05, 0) is 13.0 Å². The number of hydrogen-bond acceptors (Lipinski definition) is 4. The third kappa shape index (κ3) is 2.59. The highest BCUT2D eigenvalue weighted by Crippen LogP contribution is 2.19. The van der Waals surface area contributed by atoms with Crippen molar-refractivity contribution in [3.8, 4) is 0 Å². The summed E-state index contributed by atoms with van der Waals surface area (Å²) in [5.41, 5.74) is 2.07. The molecule has 0 radical (unpaired) electrons. The largest absolute Gasteiger partial charge is 0.340 e. The maximum absolute atomic E-state index is 4.42. The molecule has 0 aromatic carbocycles. The second-order valence-electron chi connectivity index (χ2n) is 4.34. The minimum Gasteiger partial charge on any atom is -0.340 e. The number of nitrogens with zero attached hydrogens (tertiary/aromatic N) is 5. The molecule has 6 nitrogen and oxygen atoms in total. The van der Waals surface area contributed by atoms with E-state index in [-0.39, 0.29) is 6.04 Å². The van der Waals surface area contributed by atoms with Crippen molar-refractivity contribution in [1.29, 1.82) is 0 Å². The van der Waals surface area contributed by atoms with Crippen molar-refractivity contribution < 1.29 is 0 Å². The van der Waals surface area contributed by atoms with E-state index < -0.39 is 0 Å². The first kappa shape index (κ1) is 12.8. The van der Waals surface area contributed by atoms with Gasteiger partial charge in [-0.1, -0.05) is 19.1 Å². The Morgan fingerprint density at radius 3 is 2.83 bits per heavy atom. The van der Waals surface area contributed by atoms with Crippen LogP contribution in [0.5, 0.6) is 0 Å². The van der Waals surface area contributed by atoms with E-state index in [1.54, 1.807) is 0 Å². The van der Waals surface area contributed by atoms with Crippen LogP contribution in [0.15, 0.2) is 18.7 Å². The molecule has 98 valence electrons. The minimum atomic E-state index is 0.0535. The second-order valence-corrected chi connectivity index (χ2v) is 4.34. The third-order valence-electron chi connectivity index (χ3n) is 2.81. The summed E-state index contributed by atoms with van der Waals surface area (Å²) < 4.78 is 3.90. The fourth-order valence-electron chi connectivity index (χ4n) is 2.02. The fraction of sp³-hybridized carbons (Fsp3) is 0.583. The zero-order valence-corrected chi connectivity index (χ0v) is 11.2. The van der Waals surface area contributed by atoms with Crippen LogP contribution in [0.1, 0.15) is 37.7 Å². The van der Waals surface area contributed by atoms with Gasteiger partial charge < -0.3 is 9.88 Å². The summed E-state index contributed by atoms with van der Waals surface area (Å²) in [7, 11) is 1.97. The maximum atomic E-state index is 4.42. The number of aromatic nitrogens is 5. The highest BCUT2D eigenvalue weighted by molar-refractivity contribution is 5.18. The van der Waals surface area contributed by atoms with E-state index in [0.29, 0.717) is 0 Å². The van der Waals surface area contributed by atoms with Gasteiger partial charge in [0.15, 0.2) is 0 Å². The quantitative estimate of drug-likeness (QED) is 0.832. The first-order valence-corrected chi connectivity index (χ1v) is 6.35. The number of hydrogen-bond donors (Lipinski definition) is 1. The van der Waals surface area contributed by atoms with Crippen LogP contribution in [-0.4, -0.2) is 31.1 Å². The van der Waals surface area contributed by atoms with Gasteiger partial charge in [0.25, 0.3) is 0 Å². The van der Waals surface area contributed by atoms with Crippen molar-refractivity contribution in [3.63, 3.8) is 0 Å². The SMILES string of the molecule is CCCn1nncc1C(NCC)c1cn(C)cn1. The number of nitrogens with one attached hydrogen (secondary N) is 1. The van der Waals surface area contributed by atoms with Crippen LogP contribution >= 0.6 is 0 Å². The van der Waals surface area contributed by atoms with Gasteiger partial charge in [0.2, 0.25) is 0 Å². The zero-order chi connectivity index (χ0) is 13.0. The van der Waals surface area contributed by atoms with E-state index >= 15 is 0 Å². The Hall–Kier alpha value is -1.69. The van der Waals surface area contributed by atoms with E-state index in [1.807, 2.05) is 35.0 Å². The molecule has 2 aromatic heterocycles. The first-order valence-electron chi connectivity index (χ1n) is 6.35. The van der Waals surface area contributed by atoms with Crippen LogP contribution in [0.25, 0.3) is 0 Å². The molecule has 0 saturated heterocycles. The molecule has 0 amide bonds. The van der Waals surface area contributed by atoms with E-state index in [9.17, 15) is 0 Å². The van der Waals surface area contributed by atoms with E-state index in [2.05, 4.69) is 34.5 Å². The highest BCUT2D eigenvalue weighted by atomic mass is 15.4. The van der Waals surface area contributed by atoms with E-state index in [0.717, 1.165) is 30.9 Å². The van der Waals surface area contributed by atoms with Gasteiger partial charge in [-0.25, -0.2) is 9.67 Å². The Morgan fingerprint density at radius 2 is 2.22 bits per heavy atom. The molecule has 18 heavy (non-hydrogen) atoms. The maximum Gasteiger partial charge on any atom is 0.0953 e. The van der Waals surface area contributed by atoms with Gasteiger partial charge in [-0.15, -0.1) is 5.10 Å². The van der Waals surface area contributed by atoms with E-state index in [1.165, 1.54) is 0 Å². The molecule has 2 heterocycles. The Kier molecular flexibility index (Phi) is 4.09. The summed E-state index contributed by atoms with van der Waals surface area (Å²) in [4.78, 5) is 4.42. The van der Waals surface area contributed by atoms with Crippen LogP contribution in [0.2, 0.25) is 0 Å². The third-order valence-corrected chi connectivity index (χ3v) is 2.81. The van der Waals surface area contributed by atoms with Crippen molar-refractivity contribution in [1.82, 2.24) is 29.9 Å². The molecule has 0 fully saturated rings. The molecule has 1 atom stereocenters. The number of aryl methyl sites for hydroxylation is 2. The van der Waals surface area contributed by atoms with Crippen molar-refractivity contribution in [2.45, 2.75) is 32.9 Å². The lowest BCUT2D eigenvalue weighted by molar-refractivity contribution is 0.507. The van der Waals surface area contributed by atoms with Gasteiger partial charge in [-0.3, -0.25) is 0 Å². The molecule has 0 aliphatic rings. The second kappa shape index (κ2) is 5.77. The molecular weight excluding hydrogens is 228 g/mol. The van der Waals surface area contributed by atoms with Crippen LogP contribution in [0, 0.1) is 0 Å². The topological polar surface area (TPSA) is 60.6 Å². The number of rotatable bonds is 6. The molecule has 0 aliphatic carbocycles. The molecule has 2 aromatic rings. The lowest BCUT2D eigenvalue weighted by Crippen LogP contribution is -2.25. The summed E-state index contributed by atoms with van der Waals surface area (Å²) in [6.45, 7) is 5.97. The summed E-state index contributed by atoms with van der Waals surface area (Å²) in [5.74, 6) is 0. The van der Waals surface area contributed by atoms with Crippen molar-refractivity contribution in [2.24, 2.45) is 7.05 Å². The Morgan fingerprint density at radius 1 is 1.39 bits per heavy atom. The van der Waals surface area contributed by atoms with Crippen LogP contribution < -0.4 is 5.32 Å². The van der Waals surface area contributed by atoms with Gasteiger partial charge >= 0.3 is 0 Å². The minimum absolute atomic E-state index is 0.0535. The Bertz CT molecular complexity index is 486. The predicted molar refractivity (Wildman–Crippen MR) is 69.0 cm³/mol. The summed E-state index contributed by atoms with van der Waals surface area (Å²) in [6, 6.07) is 0.0535. The molecule has 0 aliphatic heterocycles. The molecule has 2 rings (SSSR count). The van der Waals surface area contributed by atoms with Gasteiger partial charge in [0.1, 0.15) is 0 Å². The Balaban J connectivity index is 2.31. The van der Waals surface area contributed by atoms with E-state index in [4.69, 9.17) is 0 Å². The van der Waals surface area contributed by atoms with Crippen LogP contribution in [0.3, 0.4) is 0 Å². The van der Waals surface area contributed by atoms with Gasteiger partial charge in [0.05, 0.1) is 30.0 Å². The lowest BCUT2D eigenvalue weighted by atomic mass is 10.1. The monoisotopic (exact) mass is 248 g/mol. The van der Waals surface area contributed by atoms with Crippen molar-refractivity contribution in [2.75, 3.05) is 6.54 Å². The average molecular weight is 248 g/mol. The standard InChI is InChI=1S/C12H20N6/c1-4-6-18-11(7-15-16-18)12(13-5-2)10-8-17(3)9-14-10/h7-9,12-13H,4-6H2,1-3H3. The smallest absolute Gasteiger partial charge is 0.0953 e. The Labute approximate surface area is 107 Å². The normalized spacial score (nSPS) is 12.8. The van der Waals surface area contributed by atoms with Crippen LogP contribution in [-0.2, 0) is 13.6 Å². The molecule has 0 bridgehead atoms.